The Kier molecular flexibility index (Phi) is 10.0. The lowest BCUT2D eigenvalue weighted by Gasteiger charge is -2.17. The van der Waals surface area contributed by atoms with Crippen LogP contribution in [0.25, 0.3) is 0 Å². The molecule has 156 valence electrons. The van der Waals surface area contributed by atoms with Crippen LogP contribution in [-0.4, -0.2) is 55.4 Å². The van der Waals surface area contributed by atoms with Crippen LogP contribution >= 0.6 is 24.0 Å². The van der Waals surface area contributed by atoms with Gasteiger partial charge in [-0.15, -0.1) is 24.0 Å². The molecular weight excluding hydrogens is 490 g/mol. The van der Waals surface area contributed by atoms with Crippen molar-refractivity contribution in [3.05, 3.63) is 29.6 Å². The highest BCUT2D eigenvalue weighted by Gasteiger charge is 2.18. The summed E-state index contributed by atoms with van der Waals surface area (Å²) in [5.41, 5.74) is -0.476. The Morgan fingerprint density at radius 1 is 1.11 bits per heavy atom. The SMILES string of the molecule is CCNC(=NCC(=O)Nc1ccc(F)c(F)c1F)NCC(=O)N1CCCC1.I. The van der Waals surface area contributed by atoms with E-state index in [0.717, 1.165) is 32.0 Å². The number of nitrogens with one attached hydrogen (secondary N) is 3. The number of aliphatic imine (C=N–C) groups is 1. The maximum Gasteiger partial charge on any atom is 0.246 e. The second kappa shape index (κ2) is 11.7. The van der Waals surface area contributed by atoms with Crippen molar-refractivity contribution in [2.45, 2.75) is 19.8 Å². The van der Waals surface area contributed by atoms with Crippen molar-refractivity contribution in [2.24, 2.45) is 4.99 Å². The highest BCUT2D eigenvalue weighted by molar-refractivity contribution is 14.0. The maximum atomic E-state index is 13.6. The van der Waals surface area contributed by atoms with Gasteiger partial charge in [0.15, 0.2) is 23.4 Å². The highest BCUT2D eigenvalue weighted by Crippen LogP contribution is 2.19. The first-order valence-electron chi connectivity index (χ1n) is 8.65. The molecule has 2 amide bonds. The molecule has 1 fully saturated rings. The fourth-order valence-corrected chi connectivity index (χ4v) is 2.54. The topological polar surface area (TPSA) is 85.8 Å². The number of likely N-dealkylation sites (tertiary alicyclic amines) is 1. The van der Waals surface area contributed by atoms with Crippen molar-refractivity contribution in [2.75, 3.05) is 38.0 Å². The number of benzene rings is 1. The number of anilines is 1. The molecule has 7 nitrogen and oxygen atoms in total. The van der Waals surface area contributed by atoms with Crippen LogP contribution in [0.15, 0.2) is 17.1 Å². The zero-order valence-electron chi connectivity index (χ0n) is 15.4. The van der Waals surface area contributed by atoms with E-state index in [-0.39, 0.29) is 42.4 Å². The molecule has 0 unspecified atom stereocenters. The van der Waals surface area contributed by atoms with Crippen molar-refractivity contribution >= 4 is 47.4 Å². The van der Waals surface area contributed by atoms with Crippen LogP contribution in [0, 0.1) is 17.5 Å². The molecule has 28 heavy (non-hydrogen) atoms. The van der Waals surface area contributed by atoms with Gasteiger partial charge in [-0.25, -0.2) is 18.2 Å². The summed E-state index contributed by atoms with van der Waals surface area (Å²) in [5, 5.41) is 7.84. The molecule has 0 radical (unpaired) electrons. The average molecular weight is 513 g/mol. The van der Waals surface area contributed by atoms with Crippen LogP contribution in [0.1, 0.15) is 19.8 Å². The van der Waals surface area contributed by atoms with E-state index >= 15 is 0 Å². The van der Waals surface area contributed by atoms with Crippen LogP contribution in [0.2, 0.25) is 0 Å². The Hall–Kier alpha value is -2.05. The van der Waals surface area contributed by atoms with Gasteiger partial charge in [-0.3, -0.25) is 9.59 Å². The standard InChI is InChI=1S/C17H22F3N5O2.HI/c1-2-21-17(23-10-14(27)25-7-3-4-8-25)22-9-13(26)24-12-6-5-11(18)15(19)16(12)20;/h5-6H,2-4,7-10H2,1H3,(H,24,26)(H2,21,22,23);1H. The molecule has 3 N–H and O–H groups in total. The molecule has 1 aromatic rings. The van der Waals surface area contributed by atoms with Gasteiger partial charge in [0.25, 0.3) is 0 Å². The highest BCUT2D eigenvalue weighted by atomic mass is 127. The van der Waals surface area contributed by atoms with Gasteiger partial charge in [-0.2, -0.15) is 0 Å². The molecule has 0 aliphatic carbocycles. The molecule has 1 aliphatic heterocycles. The summed E-state index contributed by atoms with van der Waals surface area (Å²) in [4.78, 5) is 29.7. The Labute approximate surface area is 178 Å². The number of carbonyl (C=O) groups excluding carboxylic acids is 2. The van der Waals surface area contributed by atoms with Crippen LogP contribution in [0.3, 0.4) is 0 Å². The molecule has 1 aromatic carbocycles. The maximum absolute atomic E-state index is 13.6. The van der Waals surface area contributed by atoms with E-state index in [2.05, 4.69) is 20.9 Å². The van der Waals surface area contributed by atoms with Gasteiger partial charge in [0, 0.05) is 19.6 Å². The summed E-state index contributed by atoms with van der Waals surface area (Å²) in [6, 6.07) is 1.64. The van der Waals surface area contributed by atoms with E-state index in [1.807, 2.05) is 6.92 Å². The third-order valence-electron chi connectivity index (χ3n) is 3.90. The van der Waals surface area contributed by atoms with Gasteiger partial charge in [0.2, 0.25) is 11.8 Å². The summed E-state index contributed by atoms with van der Waals surface area (Å²) in [7, 11) is 0. The first-order chi connectivity index (χ1) is 12.9. The molecule has 0 atom stereocenters. The molecule has 1 heterocycles. The number of rotatable bonds is 6. The summed E-state index contributed by atoms with van der Waals surface area (Å²) in [5.74, 6) is -5.02. The molecular formula is C17H23F3IN5O2. The van der Waals surface area contributed by atoms with E-state index in [0.29, 0.717) is 12.6 Å². The molecule has 0 saturated carbocycles. The Morgan fingerprint density at radius 3 is 2.43 bits per heavy atom. The second-order valence-electron chi connectivity index (χ2n) is 5.91. The predicted molar refractivity (Wildman–Crippen MR) is 110 cm³/mol. The quantitative estimate of drug-likeness (QED) is 0.235. The Balaban J connectivity index is 0.00000392. The number of halogens is 4. The van der Waals surface area contributed by atoms with E-state index in [9.17, 15) is 22.8 Å². The Morgan fingerprint density at radius 2 is 1.79 bits per heavy atom. The van der Waals surface area contributed by atoms with Crippen molar-refractivity contribution in [3.8, 4) is 0 Å². The third-order valence-corrected chi connectivity index (χ3v) is 3.90. The smallest absolute Gasteiger partial charge is 0.246 e. The number of carbonyl (C=O) groups is 2. The van der Waals surface area contributed by atoms with Crippen molar-refractivity contribution in [1.82, 2.24) is 15.5 Å². The lowest BCUT2D eigenvalue weighted by Crippen LogP contribution is -2.44. The van der Waals surface area contributed by atoms with Gasteiger partial charge < -0.3 is 20.9 Å². The summed E-state index contributed by atoms with van der Waals surface area (Å²) in [6.45, 7) is 3.42. The van der Waals surface area contributed by atoms with Crippen LogP contribution in [0.4, 0.5) is 18.9 Å². The minimum atomic E-state index is -1.66. The predicted octanol–water partition coefficient (Wildman–Crippen LogP) is 1.84. The number of amides is 2. The van der Waals surface area contributed by atoms with Gasteiger partial charge >= 0.3 is 0 Å². The van der Waals surface area contributed by atoms with Gasteiger partial charge in [-0.1, -0.05) is 0 Å². The molecule has 2 rings (SSSR count). The summed E-state index contributed by atoms with van der Waals surface area (Å²) in [6.07, 6.45) is 1.97. The number of hydrogen-bond acceptors (Lipinski definition) is 3. The summed E-state index contributed by atoms with van der Waals surface area (Å²) >= 11 is 0. The first-order valence-corrected chi connectivity index (χ1v) is 8.65. The molecule has 11 heteroatoms. The van der Waals surface area contributed by atoms with Crippen LogP contribution in [0.5, 0.6) is 0 Å². The van der Waals surface area contributed by atoms with Crippen LogP contribution < -0.4 is 16.0 Å². The molecule has 0 bridgehead atoms. The largest absolute Gasteiger partial charge is 0.357 e. The zero-order valence-corrected chi connectivity index (χ0v) is 17.7. The minimum Gasteiger partial charge on any atom is -0.357 e. The monoisotopic (exact) mass is 513 g/mol. The minimum absolute atomic E-state index is 0. The van der Waals surface area contributed by atoms with E-state index in [1.165, 1.54) is 0 Å². The number of hydrogen-bond donors (Lipinski definition) is 3. The number of guanidine groups is 1. The Bertz CT molecular complexity index is 727. The molecule has 1 aliphatic rings. The normalized spacial score (nSPS) is 13.7. The number of nitrogens with zero attached hydrogens (tertiary/aromatic N) is 2. The van der Waals surface area contributed by atoms with Crippen molar-refractivity contribution < 1.29 is 22.8 Å². The molecule has 0 aromatic heterocycles. The van der Waals surface area contributed by atoms with E-state index < -0.39 is 35.6 Å². The molecule has 0 spiro atoms. The van der Waals surface area contributed by atoms with E-state index in [4.69, 9.17) is 0 Å². The van der Waals surface area contributed by atoms with Gasteiger partial charge in [-0.05, 0) is 31.9 Å². The zero-order chi connectivity index (χ0) is 19.8. The van der Waals surface area contributed by atoms with Gasteiger partial charge in [0.1, 0.15) is 6.54 Å². The fraction of sp³-hybridized carbons (Fsp3) is 0.471. The first kappa shape index (κ1) is 24.0. The third kappa shape index (κ3) is 6.84. The average Bonchev–Trinajstić information content (AvgIpc) is 3.19. The fourth-order valence-electron chi connectivity index (χ4n) is 2.54. The lowest BCUT2D eigenvalue weighted by molar-refractivity contribution is -0.128. The van der Waals surface area contributed by atoms with E-state index in [1.54, 1.807) is 4.90 Å². The summed E-state index contributed by atoms with van der Waals surface area (Å²) < 4.78 is 39.6. The van der Waals surface area contributed by atoms with Gasteiger partial charge in [0.05, 0.1) is 12.2 Å². The van der Waals surface area contributed by atoms with Crippen molar-refractivity contribution in [3.63, 3.8) is 0 Å². The van der Waals surface area contributed by atoms with Crippen molar-refractivity contribution in [1.29, 1.82) is 0 Å². The second-order valence-corrected chi connectivity index (χ2v) is 5.91. The molecule has 1 saturated heterocycles. The van der Waals surface area contributed by atoms with Crippen LogP contribution in [-0.2, 0) is 9.59 Å². The lowest BCUT2D eigenvalue weighted by atomic mass is 10.3.